The summed E-state index contributed by atoms with van der Waals surface area (Å²) in [5, 5.41) is 33.9. The van der Waals surface area contributed by atoms with E-state index >= 15 is 0 Å². The molecule has 0 saturated carbocycles. The van der Waals surface area contributed by atoms with Gasteiger partial charge in [0.05, 0.1) is 0 Å². The number of rotatable bonds is 13. The molecule has 3 amide bonds. The Hall–Kier alpha value is -2.75. The molecule has 1 rings (SSSR count). The van der Waals surface area contributed by atoms with E-state index in [-0.39, 0.29) is 18.7 Å². The fourth-order valence-corrected chi connectivity index (χ4v) is 3.01. The molecule has 0 saturated heterocycles. The molecule has 31 heavy (non-hydrogen) atoms. The number of hydrogen-bond donors (Lipinski definition) is 6. The Morgan fingerprint density at radius 3 is 1.90 bits per heavy atom. The molecule has 2 atom stereocenters. The molecule has 0 aromatic heterocycles. The normalized spacial score (nSPS) is 12.3. The molecule has 0 aliphatic heterocycles. The maximum absolute atomic E-state index is 12.0. The molecule has 0 fully saturated rings. The SMILES string of the molecule is O=C(O)CCC(NC(=O)NC(CCCCNC(=O)c1ccc([211At])cc1)C(=O)O)C(=O)O. The van der Waals surface area contributed by atoms with Crippen molar-refractivity contribution < 1.29 is 64.0 Å². The van der Waals surface area contributed by atoms with Gasteiger partial charge >= 0.3 is 135 Å². The van der Waals surface area contributed by atoms with Gasteiger partial charge in [0.2, 0.25) is 0 Å². The van der Waals surface area contributed by atoms with Gasteiger partial charge in [0, 0.05) is 6.42 Å². The monoisotopic (exact) mass is 633 g/mol. The van der Waals surface area contributed by atoms with Crippen molar-refractivity contribution in [2.24, 2.45) is 0 Å². The van der Waals surface area contributed by atoms with Gasteiger partial charge in [-0.05, 0) is 6.42 Å². The van der Waals surface area contributed by atoms with Crippen LogP contribution in [0.1, 0.15) is 42.5 Å². The van der Waals surface area contributed by atoms with Crippen LogP contribution < -0.4 is 19.2 Å². The standard InChI is InChI=1S/C19H24AtN3O8/c20-12-6-4-11(5-7-12)16(26)21-10-2-1-3-13(17(27)28)22-19(31)23-14(18(29)30)8-9-15(24)25/h4-7,13-14H,1-3,8-10H2,(H,21,26)(H,24,25)(H,27,28)(H,29,30)(H2,22,23,31)/i20+1. The molecule has 2 unspecified atom stereocenters. The number of carbonyl (C=O) groups is 5. The number of carboxylic acid groups (broad SMARTS) is 3. The molecular formula is C19H24AtN3O8. The Kier molecular flexibility index (Phi) is 11.5. The van der Waals surface area contributed by atoms with Crippen molar-refractivity contribution in [3.8, 4) is 0 Å². The number of carboxylic acids is 3. The van der Waals surface area contributed by atoms with E-state index in [2.05, 4.69) is 16.0 Å². The molecule has 170 valence electrons. The van der Waals surface area contributed by atoms with E-state index in [4.69, 9.17) is 10.2 Å². The minimum absolute atomic E-state index is 0.0673. The van der Waals surface area contributed by atoms with E-state index in [9.17, 15) is 29.1 Å². The number of aliphatic carboxylic acids is 3. The van der Waals surface area contributed by atoms with Crippen molar-refractivity contribution in [1.82, 2.24) is 16.0 Å². The second-order valence-corrected chi connectivity index (χ2v) is 8.29. The first-order valence-corrected chi connectivity index (χ1v) is 10.8. The zero-order valence-electron chi connectivity index (χ0n) is 16.5. The number of benzene rings is 1. The number of unbranched alkanes of at least 4 members (excludes halogenated alkanes) is 1. The van der Waals surface area contributed by atoms with Crippen molar-refractivity contribution in [2.45, 2.75) is 44.2 Å². The first kappa shape index (κ1) is 26.3. The van der Waals surface area contributed by atoms with Crippen LogP contribution in [0.2, 0.25) is 0 Å². The van der Waals surface area contributed by atoms with Crippen LogP contribution in [-0.4, -0.2) is 63.8 Å². The fourth-order valence-electron chi connectivity index (χ4n) is 2.52. The number of hydrogen-bond acceptors (Lipinski definition) is 5. The van der Waals surface area contributed by atoms with Crippen LogP contribution in [0.15, 0.2) is 24.3 Å². The molecule has 12 heteroatoms. The summed E-state index contributed by atoms with van der Waals surface area (Å²) in [5.41, 5.74) is 0.526. The predicted octanol–water partition coefficient (Wildman–Crippen LogP) is -0.168. The smallest absolute Gasteiger partial charge is 0.480 e. The van der Waals surface area contributed by atoms with Gasteiger partial charge in [-0.25, -0.2) is 14.4 Å². The Balaban J connectivity index is 2.41. The molecule has 0 aliphatic rings. The van der Waals surface area contributed by atoms with Crippen molar-refractivity contribution >= 4 is 33.1 Å². The van der Waals surface area contributed by atoms with E-state index in [1.54, 1.807) is 12.1 Å². The van der Waals surface area contributed by atoms with Crippen LogP contribution in [-0.2, 0) is 14.4 Å². The average Bonchev–Trinajstić information content (AvgIpc) is 2.69. The molecule has 6 N–H and O–H groups in total. The van der Waals surface area contributed by atoms with Crippen molar-refractivity contribution in [3.63, 3.8) is 0 Å². The molecule has 0 heterocycles. The zero-order chi connectivity index (χ0) is 23.4. The van der Waals surface area contributed by atoms with Gasteiger partial charge in [0.25, 0.3) is 0 Å². The summed E-state index contributed by atoms with van der Waals surface area (Å²) in [6.07, 6.45) is 0.128. The van der Waals surface area contributed by atoms with Crippen LogP contribution in [0.3, 0.4) is 0 Å². The zero-order valence-corrected chi connectivity index (χ0v) is 19.4. The summed E-state index contributed by atoms with van der Waals surface area (Å²) in [6, 6.07) is 3.39. The first-order chi connectivity index (χ1) is 14.6. The van der Waals surface area contributed by atoms with Crippen LogP contribution >= 0.6 is 0 Å². The quantitative estimate of drug-likeness (QED) is 0.162. The average molecular weight is 633 g/mol. The third-order valence-corrected chi connectivity index (χ3v) is 5.14. The summed E-state index contributed by atoms with van der Waals surface area (Å²) in [4.78, 5) is 56.9. The van der Waals surface area contributed by atoms with E-state index in [0.29, 0.717) is 24.9 Å². The van der Waals surface area contributed by atoms with Crippen molar-refractivity contribution in [1.29, 1.82) is 0 Å². The van der Waals surface area contributed by atoms with Gasteiger partial charge in [-0.3, -0.25) is 4.79 Å². The van der Waals surface area contributed by atoms with Crippen LogP contribution in [0, 0.1) is 24.7 Å². The Bertz CT molecular complexity index is 800. The van der Waals surface area contributed by atoms with Gasteiger partial charge in [-0.15, -0.1) is 0 Å². The molecule has 1 aromatic carbocycles. The van der Waals surface area contributed by atoms with Crippen LogP contribution in [0.5, 0.6) is 0 Å². The van der Waals surface area contributed by atoms with E-state index in [1.807, 2.05) is 12.1 Å². The summed E-state index contributed by atoms with van der Waals surface area (Å²) < 4.78 is 1.09. The number of amides is 3. The summed E-state index contributed by atoms with van der Waals surface area (Å²) in [5.74, 6) is -4.17. The van der Waals surface area contributed by atoms with Gasteiger partial charge in [0.1, 0.15) is 6.04 Å². The molecule has 11 nitrogen and oxygen atoms in total. The van der Waals surface area contributed by atoms with Crippen LogP contribution in [0.4, 0.5) is 4.79 Å². The Morgan fingerprint density at radius 1 is 0.839 bits per heavy atom. The molecule has 0 aliphatic carbocycles. The second-order valence-electron chi connectivity index (χ2n) is 6.59. The molecular weight excluding hydrogens is 609 g/mol. The fraction of sp³-hybridized carbons (Fsp3) is 0.421. The first-order valence-electron chi connectivity index (χ1n) is 9.38. The minimum Gasteiger partial charge on any atom is -0.480 e. The molecule has 0 bridgehead atoms. The van der Waals surface area contributed by atoms with E-state index < -0.39 is 42.4 Å². The Morgan fingerprint density at radius 2 is 1.39 bits per heavy atom. The maximum atomic E-state index is 12.0. The summed E-state index contributed by atoms with van der Waals surface area (Å²) in [7, 11) is 0. The Labute approximate surface area is 193 Å². The van der Waals surface area contributed by atoms with Gasteiger partial charge in [-0.1, -0.05) is 0 Å². The molecule has 0 spiro atoms. The number of carbonyl (C=O) groups excluding carboxylic acids is 2. The molecule has 0 radical (unpaired) electrons. The minimum atomic E-state index is -1.46. The number of nitrogens with one attached hydrogen (secondary N) is 3. The van der Waals surface area contributed by atoms with Crippen molar-refractivity contribution in [2.75, 3.05) is 6.54 Å². The van der Waals surface area contributed by atoms with E-state index in [1.165, 1.54) is 24.7 Å². The van der Waals surface area contributed by atoms with E-state index in [0.717, 1.165) is 3.27 Å². The topological polar surface area (TPSA) is 182 Å². The number of urea groups is 1. The second kappa shape index (κ2) is 13.5. The van der Waals surface area contributed by atoms with Crippen LogP contribution in [0.25, 0.3) is 0 Å². The van der Waals surface area contributed by atoms with Gasteiger partial charge in [-0.2, -0.15) is 0 Å². The van der Waals surface area contributed by atoms with Gasteiger partial charge in [0.15, 0.2) is 0 Å². The summed E-state index contributed by atoms with van der Waals surface area (Å²) >= 11 is 1.50. The molecule has 1 aromatic rings. The third-order valence-electron chi connectivity index (χ3n) is 4.17. The predicted molar refractivity (Wildman–Crippen MR) is 104 cm³/mol. The third kappa shape index (κ3) is 10.7. The van der Waals surface area contributed by atoms with Crippen molar-refractivity contribution in [3.05, 3.63) is 29.8 Å². The summed E-state index contributed by atoms with van der Waals surface area (Å²) in [6.45, 7) is 0.324. The van der Waals surface area contributed by atoms with Gasteiger partial charge < -0.3 is 20.6 Å².